The third-order valence-corrected chi connectivity index (χ3v) is 5.48. The van der Waals surface area contributed by atoms with Crippen LogP contribution >= 0.6 is 0 Å². The molecule has 28 heavy (non-hydrogen) atoms. The smallest absolute Gasteiger partial charge is 0.262 e. The van der Waals surface area contributed by atoms with Crippen molar-refractivity contribution in [2.24, 2.45) is 0 Å². The summed E-state index contributed by atoms with van der Waals surface area (Å²) in [6.45, 7) is 0.479. The van der Waals surface area contributed by atoms with E-state index in [0.717, 1.165) is 16.5 Å². The molecule has 0 radical (unpaired) electrons. The summed E-state index contributed by atoms with van der Waals surface area (Å²) >= 11 is 0. The fraction of sp³-hybridized carbons (Fsp3) is 0.182. The molecule has 0 atom stereocenters. The van der Waals surface area contributed by atoms with Gasteiger partial charge in [0.15, 0.2) is 11.5 Å². The Labute approximate surface area is 161 Å². The number of amides is 1. The van der Waals surface area contributed by atoms with E-state index < -0.39 is 0 Å². The number of methoxy groups -OCH3 is 2. The Morgan fingerprint density at radius 1 is 1.04 bits per heavy atom. The maximum Gasteiger partial charge on any atom is 0.262 e. The number of hydrogen-bond acceptors (Lipinski definition) is 4. The second kappa shape index (κ2) is 5.99. The summed E-state index contributed by atoms with van der Waals surface area (Å²) in [6, 6.07) is 11.4. The molecule has 0 saturated heterocycles. The van der Waals surface area contributed by atoms with Gasteiger partial charge in [-0.25, -0.2) is 0 Å². The van der Waals surface area contributed by atoms with Gasteiger partial charge < -0.3 is 19.4 Å². The van der Waals surface area contributed by atoms with E-state index in [4.69, 9.17) is 9.47 Å². The molecular weight excluding hydrogens is 356 g/mol. The summed E-state index contributed by atoms with van der Waals surface area (Å²) in [5.74, 6) is 0.580. The minimum Gasteiger partial charge on any atom is -0.493 e. The van der Waals surface area contributed by atoms with E-state index in [2.05, 4.69) is 4.98 Å². The van der Waals surface area contributed by atoms with E-state index in [0.29, 0.717) is 47.0 Å². The number of aromatic amines is 1. The molecule has 1 aromatic heterocycles. The van der Waals surface area contributed by atoms with Crippen LogP contribution in [0.15, 0.2) is 42.5 Å². The van der Waals surface area contributed by atoms with Crippen molar-refractivity contribution in [3.8, 4) is 11.5 Å². The van der Waals surface area contributed by atoms with Gasteiger partial charge in [-0.1, -0.05) is 18.2 Å². The zero-order valence-corrected chi connectivity index (χ0v) is 15.5. The normalized spacial score (nSPS) is 17.4. The molecule has 6 heteroatoms. The monoisotopic (exact) mass is 374 g/mol. The quantitative estimate of drug-likeness (QED) is 0.746. The lowest BCUT2D eigenvalue weighted by Crippen LogP contribution is -2.28. The van der Waals surface area contributed by atoms with E-state index in [1.807, 2.05) is 24.3 Å². The van der Waals surface area contributed by atoms with Gasteiger partial charge in [-0.15, -0.1) is 0 Å². The number of hydrogen-bond donors (Lipinski definition) is 1. The molecule has 0 aliphatic carbocycles. The molecule has 0 fully saturated rings. The van der Waals surface area contributed by atoms with Crippen LogP contribution in [0.3, 0.4) is 0 Å². The van der Waals surface area contributed by atoms with Gasteiger partial charge in [-0.3, -0.25) is 9.59 Å². The largest absolute Gasteiger partial charge is 0.493 e. The van der Waals surface area contributed by atoms with Crippen molar-refractivity contribution in [3.63, 3.8) is 0 Å². The van der Waals surface area contributed by atoms with E-state index in [1.54, 1.807) is 23.1 Å². The molecule has 2 aromatic carbocycles. The topological polar surface area (TPSA) is 71.6 Å². The van der Waals surface area contributed by atoms with Crippen LogP contribution in [0.4, 0.5) is 0 Å². The minimum absolute atomic E-state index is 0.138. The molecule has 0 spiro atoms. The van der Waals surface area contributed by atoms with Gasteiger partial charge >= 0.3 is 0 Å². The average molecular weight is 374 g/mol. The molecule has 140 valence electrons. The highest BCUT2D eigenvalue weighted by Gasteiger charge is 2.38. The molecule has 3 aromatic rings. The highest BCUT2D eigenvalue weighted by atomic mass is 16.5. The lowest BCUT2D eigenvalue weighted by atomic mass is 10.0. The van der Waals surface area contributed by atoms with E-state index in [1.165, 1.54) is 14.2 Å². The third kappa shape index (κ3) is 2.14. The van der Waals surface area contributed by atoms with Gasteiger partial charge in [0.25, 0.3) is 5.91 Å². The first kappa shape index (κ1) is 16.6. The number of nitrogens with zero attached hydrogens (tertiary/aromatic N) is 1. The zero-order chi connectivity index (χ0) is 19.4. The fourth-order valence-corrected chi connectivity index (χ4v) is 4.21. The standard InChI is InChI=1S/C22H18N2O4/c1-27-18-8-7-14-16-11-17(25)20-13(12-5-3-4-6-15(12)23-20)9-10-24(16)22(26)19(14)21(18)28-2/h3-8,11,23H,9-10H2,1-2H3/b16-11-. The second-order valence-corrected chi connectivity index (χ2v) is 6.85. The van der Waals surface area contributed by atoms with Gasteiger partial charge in [0.05, 0.1) is 31.2 Å². The maximum atomic E-state index is 13.2. The van der Waals surface area contributed by atoms with Crippen LogP contribution in [0.1, 0.15) is 32.0 Å². The van der Waals surface area contributed by atoms with Gasteiger partial charge in [0, 0.05) is 29.1 Å². The Bertz CT molecular complexity index is 1190. The summed E-state index contributed by atoms with van der Waals surface area (Å²) in [4.78, 5) is 31.2. The molecule has 0 saturated carbocycles. The number of ketones is 1. The number of rotatable bonds is 2. The predicted molar refractivity (Wildman–Crippen MR) is 105 cm³/mol. The Kier molecular flexibility index (Phi) is 3.55. The highest BCUT2D eigenvalue weighted by molar-refractivity contribution is 6.18. The first-order chi connectivity index (χ1) is 13.6. The first-order valence-electron chi connectivity index (χ1n) is 9.07. The van der Waals surface area contributed by atoms with Gasteiger partial charge in [-0.2, -0.15) is 0 Å². The molecule has 2 aliphatic rings. The molecular formula is C22H18N2O4. The highest BCUT2D eigenvalue weighted by Crippen LogP contribution is 2.43. The van der Waals surface area contributed by atoms with Crippen molar-refractivity contribution in [1.82, 2.24) is 9.88 Å². The molecule has 3 heterocycles. The number of allylic oxidation sites excluding steroid dienone is 1. The summed E-state index contributed by atoms with van der Waals surface area (Å²) < 4.78 is 10.8. The molecule has 6 nitrogen and oxygen atoms in total. The number of H-pyrrole nitrogens is 1. The first-order valence-corrected chi connectivity index (χ1v) is 9.07. The van der Waals surface area contributed by atoms with Gasteiger partial charge in [0.2, 0.25) is 5.78 Å². The number of carbonyl (C=O) groups is 2. The predicted octanol–water partition coefficient (Wildman–Crippen LogP) is 3.42. The molecule has 5 rings (SSSR count). The van der Waals surface area contributed by atoms with E-state index in [9.17, 15) is 9.59 Å². The van der Waals surface area contributed by atoms with Crippen LogP contribution in [0, 0.1) is 0 Å². The fourth-order valence-electron chi connectivity index (χ4n) is 4.21. The number of ether oxygens (including phenoxy) is 2. The molecule has 1 N–H and O–H groups in total. The Balaban J connectivity index is 1.70. The number of aromatic nitrogens is 1. The SMILES string of the molecule is COc1ccc2c(c1OC)C(=O)N1CCc3c([nH]c4ccccc34)C(=O)/C=C/21. The van der Waals surface area contributed by atoms with Crippen LogP contribution in [-0.4, -0.2) is 42.3 Å². The second-order valence-electron chi connectivity index (χ2n) is 6.85. The Morgan fingerprint density at radius 3 is 2.64 bits per heavy atom. The maximum absolute atomic E-state index is 13.2. The Morgan fingerprint density at radius 2 is 1.86 bits per heavy atom. The molecule has 0 unspecified atom stereocenters. The van der Waals surface area contributed by atoms with Crippen LogP contribution in [0.5, 0.6) is 11.5 Å². The number of benzene rings is 2. The minimum atomic E-state index is -0.173. The number of fused-ring (bicyclic) bond motifs is 6. The lowest BCUT2D eigenvalue weighted by Gasteiger charge is -2.20. The van der Waals surface area contributed by atoms with Crippen LogP contribution < -0.4 is 9.47 Å². The number of nitrogens with one attached hydrogen (secondary N) is 1. The van der Waals surface area contributed by atoms with Crippen molar-refractivity contribution in [2.45, 2.75) is 6.42 Å². The third-order valence-electron chi connectivity index (χ3n) is 5.48. The van der Waals surface area contributed by atoms with Gasteiger partial charge in [0.1, 0.15) is 0 Å². The van der Waals surface area contributed by atoms with Crippen molar-refractivity contribution < 1.29 is 19.1 Å². The van der Waals surface area contributed by atoms with Crippen LogP contribution in [0.25, 0.3) is 16.6 Å². The molecule has 0 bridgehead atoms. The summed E-state index contributed by atoms with van der Waals surface area (Å²) in [6.07, 6.45) is 2.13. The van der Waals surface area contributed by atoms with Crippen LogP contribution in [0.2, 0.25) is 0 Å². The van der Waals surface area contributed by atoms with Crippen molar-refractivity contribution >= 4 is 28.3 Å². The van der Waals surface area contributed by atoms with Crippen molar-refractivity contribution in [3.05, 3.63) is 64.9 Å². The average Bonchev–Trinajstić information content (AvgIpc) is 3.20. The molecule has 1 amide bonds. The number of carbonyl (C=O) groups excluding carboxylic acids is 2. The van der Waals surface area contributed by atoms with E-state index >= 15 is 0 Å². The molecule has 2 aliphatic heterocycles. The van der Waals surface area contributed by atoms with Crippen molar-refractivity contribution in [1.29, 1.82) is 0 Å². The van der Waals surface area contributed by atoms with Gasteiger partial charge in [-0.05, 0) is 30.2 Å². The summed E-state index contributed by atoms with van der Waals surface area (Å²) in [5, 5.41) is 1.02. The van der Waals surface area contributed by atoms with Crippen molar-refractivity contribution in [2.75, 3.05) is 20.8 Å². The summed E-state index contributed by atoms with van der Waals surface area (Å²) in [5.41, 5.74) is 4.21. The Hall–Kier alpha value is -3.54. The summed E-state index contributed by atoms with van der Waals surface area (Å²) in [7, 11) is 3.05. The lowest BCUT2D eigenvalue weighted by molar-refractivity contribution is 0.0847. The number of para-hydroxylation sites is 1. The van der Waals surface area contributed by atoms with E-state index in [-0.39, 0.29) is 11.7 Å². The van der Waals surface area contributed by atoms with Crippen LogP contribution in [-0.2, 0) is 6.42 Å². The zero-order valence-electron chi connectivity index (χ0n) is 15.5.